The Kier molecular flexibility index (Phi) is 5.84. The Balaban J connectivity index is 0.000000810. The molecule has 0 saturated carbocycles. The molecule has 0 aliphatic rings. The Labute approximate surface area is 105 Å². The molecule has 1 rings (SSSR count). The number of hydrogen-bond donors (Lipinski definition) is 1. The van der Waals surface area contributed by atoms with E-state index in [-0.39, 0.29) is 51.4 Å². The predicted molar refractivity (Wildman–Crippen MR) is 40.9 cm³/mol. The summed E-state index contributed by atoms with van der Waals surface area (Å²) >= 11 is 1.24. The monoisotopic (exact) mass is 181 g/mol. The van der Waals surface area contributed by atoms with Crippen molar-refractivity contribution in [3.8, 4) is 0 Å². The molecule has 10 heavy (non-hydrogen) atoms. The Bertz CT molecular complexity index is 199. The number of hydroxylamine groups is 1. The molecular formula is C5H4KNO2S-. The maximum atomic E-state index is 10.5. The van der Waals surface area contributed by atoms with Gasteiger partial charge in [0.15, 0.2) is 0 Å². The predicted octanol–water partition coefficient (Wildman–Crippen LogP) is 0.595. The van der Waals surface area contributed by atoms with Crippen LogP contribution in [0.15, 0.2) is 17.5 Å². The van der Waals surface area contributed by atoms with Gasteiger partial charge < -0.3 is 10.7 Å². The van der Waals surface area contributed by atoms with Crippen molar-refractivity contribution in [3.05, 3.63) is 27.6 Å². The van der Waals surface area contributed by atoms with E-state index in [1.165, 1.54) is 16.8 Å². The number of nitrogens with one attached hydrogen (secondary N) is 1. The van der Waals surface area contributed by atoms with E-state index in [1.807, 2.05) is 0 Å². The molecule has 1 aromatic heterocycles. The molecule has 1 heterocycles. The summed E-state index contributed by atoms with van der Waals surface area (Å²) in [6.45, 7) is 0. The van der Waals surface area contributed by atoms with Crippen molar-refractivity contribution in [3.63, 3.8) is 0 Å². The van der Waals surface area contributed by atoms with Crippen LogP contribution in [0.5, 0.6) is 0 Å². The largest absolute Gasteiger partial charge is 0.759 e. The molecule has 5 heteroatoms. The first kappa shape index (κ1) is 10.8. The first-order valence-electron chi connectivity index (χ1n) is 2.30. The molecule has 1 aromatic rings. The van der Waals surface area contributed by atoms with Gasteiger partial charge in [-0.15, -0.1) is 11.3 Å². The SMILES string of the molecule is O=C(N[O-])c1cccs1.[K]. The van der Waals surface area contributed by atoms with Crippen LogP contribution in [0.4, 0.5) is 0 Å². The first-order valence-corrected chi connectivity index (χ1v) is 3.18. The Morgan fingerprint density at radius 3 is 2.80 bits per heavy atom. The van der Waals surface area contributed by atoms with Gasteiger partial charge in [-0.1, -0.05) is 6.07 Å². The summed E-state index contributed by atoms with van der Waals surface area (Å²) < 4.78 is 0. The van der Waals surface area contributed by atoms with Crippen molar-refractivity contribution in [1.82, 2.24) is 5.48 Å². The van der Waals surface area contributed by atoms with Crippen LogP contribution in [0, 0.1) is 5.21 Å². The smallest absolute Gasteiger partial charge is 0.250 e. The maximum absolute atomic E-state index is 10.5. The van der Waals surface area contributed by atoms with Gasteiger partial charge in [-0.05, 0) is 11.4 Å². The van der Waals surface area contributed by atoms with Crippen LogP contribution in [0.2, 0.25) is 0 Å². The fourth-order valence-electron chi connectivity index (χ4n) is 0.458. The number of hydrogen-bond acceptors (Lipinski definition) is 3. The van der Waals surface area contributed by atoms with E-state index in [4.69, 9.17) is 0 Å². The van der Waals surface area contributed by atoms with Crippen molar-refractivity contribution >= 4 is 68.6 Å². The molecule has 1 radical (unpaired) electrons. The van der Waals surface area contributed by atoms with Crippen molar-refractivity contribution in [1.29, 1.82) is 0 Å². The molecular weight excluding hydrogens is 177 g/mol. The third-order valence-corrected chi connectivity index (χ3v) is 1.71. The Morgan fingerprint density at radius 1 is 1.70 bits per heavy atom. The molecule has 1 amide bonds. The zero-order valence-electron chi connectivity index (χ0n) is 5.46. The van der Waals surface area contributed by atoms with Gasteiger partial charge in [0.05, 0.1) is 4.88 Å². The van der Waals surface area contributed by atoms with Crippen molar-refractivity contribution in [2.45, 2.75) is 0 Å². The van der Waals surface area contributed by atoms with Crippen molar-refractivity contribution in [2.24, 2.45) is 0 Å². The number of carbonyl (C=O) groups is 1. The fourth-order valence-corrected chi connectivity index (χ4v) is 1.07. The zero-order valence-corrected chi connectivity index (χ0v) is 9.40. The summed E-state index contributed by atoms with van der Waals surface area (Å²) in [6.07, 6.45) is 0. The first-order chi connectivity index (χ1) is 4.34. The maximum Gasteiger partial charge on any atom is 0.250 e. The van der Waals surface area contributed by atoms with E-state index in [0.29, 0.717) is 4.88 Å². The molecule has 0 bridgehead atoms. The minimum atomic E-state index is -0.565. The second-order valence-corrected chi connectivity index (χ2v) is 2.36. The van der Waals surface area contributed by atoms with E-state index in [9.17, 15) is 10.0 Å². The third-order valence-electron chi connectivity index (χ3n) is 0.838. The van der Waals surface area contributed by atoms with Gasteiger partial charge in [0.2, 0.25) is 0 Å². The van der Waals surface area contributed by atoms with Gasteiger partial charge in [0, 0.05) is 51.4 Å². The Morgan fingerprint density at radius 2 is 2.40 bits per heavy atom. The standard InChI is InChI=1S/C5H4NO2S.K/c7-5(6-8)4-2-1-3-9-4;/h1-3H,(H-,6,7,8);/q-1;. The summed E-state index contributed by atoms with van der Waals surface area (Å²) in [7, 11) is 0. The van der Waals surface area contributed by atoms with Crippen molar-refractivity contribution in [2.75, 3.05) is 0 Å². The van der Waals surface area contributed by atoms with Crippen LogP contribution in [0.3, 0.4) is 0 Å². The molecule has 0 aliphatic carbocycles. The van der Waals surface area contributed by atoms with E-state index >= 15 is 0 Å². The Hall–Kier alpha value is 0.766. The van der Waals surface area contributed by atoms with Crippen LogP contribution < -0.4 is 5.48 Å². The van der Waals surface area contributed by atoms with E-state index < -0.39 is 5.91 Å². The van der Waals surface area contributed by atoms with Gasteiger partial charge in [0.1, 0.15) is 0 Å². The average molecular weight is 181 g/mol. The van der Waals surface area contributed by atoms with Crippen LogP contribution in [0.1, 0.15) is 9.67 Å². The normalized spacial score (nSPS) is 8.10. The molecule has 0 unspecified atom stereocenters. The quantitative estimate of drug-likeness (QED) is 0.509. The van der Waals surface area contributed by atoms with E-state index in [2.05, 4.69) is 0 Å². The topological polar surface area (TPSA) is 52.2 Å². The molecule has 49 valence electrons. The number of thiophene rings is 1. The van der Waals surface area contributed by atoms with Gasteiger partial charge in [0.25, 0.3) is 5.91 Å². The van der Waals surface area contributed by atoms with Crippen LogP contribution in [-0.2, 0) is 0 Å². The number of rotatable bonds is 1. The average Bonchev–Trinajstić information content (AvgIpc) is 2.37. The van der Waals surface area contributed by atoms with E-state index in [1.54, 1.807) is 17.5 Å². The fraction of sp³-hybridized carbons (Fsp3) is 0. The molecule has 0 fully saturated rings. The molecule has 0 aliphatic heterocycles. The molecule has 0 aromatic carbocycles. The van der Waals surface area contributed by atoms with Gasteiger partial charge in [-0.25, -0.2) is 0 Å². The summed E-state index contributed by atoms with van der Waals surface area (Å²) in [6, 6.07) is 3.31. The van der Waals surface area contributed by atoms with Gasteiger partial charge >= 0.3 is 0 Å². The number of carbonyl (C=O) groups excluding carboxylic acids is 1. The van der Waals surface area contributed by atoms with Crippen molar-refractivity contribution < 1.29 is 4.79 Å². The summed E-state index contributed by atoms with van der Waals surface area (Å²) in [4.78, 5) is 10.9. The molecule has 0 saturated heterocycles. The molecule has 3 nitrogen and oxygen atoms in total. The summed E-state index contributed by atoms with van der Waals surface area (Å²) in [5, 5.41) is 11.5. The second-order valence-electron chi connectivity index (χ2n) is 1.41. The summed E-state index contributed by atoms with van der Waals surface area (Å²) in [5.41, 5.74) is 1.29. The van der Waals surface area contributed by atoms with Crippen LogP contribution in [-0.4, -0.2) is 57.3 Å². The minimum absolute atomic E-state index is 0. The van der Waals surface area contributed by atoms with Gasteiger partial charge in [-0.2, -0.15) is 0 Å². The summed E-state index contributed by atoms with van der Waals surface area (Å²) in [5.74, 6) is -0.565. The zero-order chi connectivity index (χ0) is 6.69. The second kappa shape index (κ2) is 5.42. The van der Waals surface area contributed by atoms with Crippen LogP contribution >= 0.6 is 11.3 Å². The molecule has 0 atom stereocenters. The minimum Gasteiger partial charge on any atom is -0.759 e. The van der Waals surface area contributed by atoms with Gasteiger partial charge in [-0.3, -0.25) is 4.79 Å². The molecule has 1 N–H and O–H groups in total. The molecule has 0 spiro atoms. The van der Waals surface area contributed by atoms with Crippen LogP contribution in [0.25, 0.3) is 0 Å². The number of amides is 1. The third kappa shape index (κ3) is 2.79. The van der Waals surface area contributed by atoms with E-state index in [0.717, 1.165) is 0 Å².